The molecule has 19 heavy (non-hydrogen) atoms. The van der Waals surface area contributed by atoms with Gasteiger partial charge in [-0.05, 0) is 28.1 Å². The van der Waals surface area contributed by atoms with Gasteiger partial charge < -0.3 is 19.9 Å². The summed E-state index contributed by atoms with van der Waals surface area (Å²) in [5.74, 6) is -0.752. The standard InChI is InChI=1S/C12H14BrNO5/c13-9-3-1-2-4-10(9)19-7-11(15)14-5-6-18-8-12(16)17/h1-4H,5-8H2,(H,14,15)(H,16,17). The van der Waals surface area contributed by atoms with Gasteiger partial charge in [-0.15, -0.1) is 0 Å². The monoisotopic (exact) mass is 331 g/mol. The van der Waals surface area contributed by atoms with Crippen LogP contribution in [0.25, 0.3) is 0 Å². The molecule has 0 radical (unpaired) electrons. The Hall–Kier alpha value is -1.60. The third-order valence-corrected chi connectivity index (χ3v) is 2.64. The van der Waals surface area contributed by atoms with Crippen molar-refractivity contribution in [2.24, 2.45) is 0 Å². The van der Waals surface area contributed by atoms with Gasteiger partial charge in [-0.3, -0.25) is 4.79 Å². The van der Waals surface area contributed by atoms with E-state index in [0.29, 0.717) is 5.75 Å². The van der Waals surface area contributed by atoms with Crippen molar-refractivity contribution in [3.63, 3.8) is 0 Å². The van der Waals surface area contributed by atoms with Crippen LogP contribution in [0, 0.1) is 0 Å². The molecule has 0 unspecified atom stereocenters. The average molecular weight is 332 g/mol. The maximum absolute atomic E-state index is 11.4. The van der Waals surface area contributed by atoms with E-state index in [1.807, 2.05) is 12.1 Å². The van der Waals surface area contributed by atoms with Crippen molar-refractivity contribution in [1.82, 2.24) is 5.32 Å². The summed E-state index contributed by atoms with van der Waals surface area (Å²) in [6, 6.07) is 7.20. The second kappa shape index (κ2) is 8.49. The lowest BCUT2D eigenvalue weighted by Gasteiger charge is -2.08. The third-order valence-electron chi connectivity index (χ3n) is 1.99. The third kappa shape index (κ3) is 6.78. The minimum absolute atomic E-state index is 0.110. The van der Waals surface area contributed by atoms with Gasteiger partial charge in [0, 0.05) is 6.54 Å². The first-order chi connectivity index (χ1) is 9.09. The number of para-hydroxylation sites is 1. The fourth-order valence-corrected chi connectivity index (χ4v) is 1.58. The van der Waals surface area contributed by atoms with E-state index < -0.39 is 5.97 Å². The maximum Gasteiger partial charge on any atom is 0.329 e. The van der Waals surface area contributed by atoms with E-state index in [2.05, 4.69) is 21.2 Å². The molecule has 1 amide bonds. The van der Waals surface area contributed by atoms with Crippen molar-refractivity contribution < 1.29 is 24.2 Å². The molecule has 1 aromatic rings. The molecular weight excluding hydrogens is 318 g/mol. The Balaban J connectivity index is 2.15. The van der Waals surface area contributed by atoms with Crippen LogP contribution in [0.15, 0.2) is 28.7 Å². The number of hydrogen-bond donors (Lipinski definition) is 2. The van der Waals surface area contributed by atoms with Crippen molar-refractivity contribution in [1.29, 1.82) is 0 Å². The van der Waals surface area contributed by atoms with Gasteiger partial charge in [0.15, 0.2) is 6.61 Å². The van der Waals surface area contributed by atoms with Gasteiger partial charge in [0.05, 0.1) is 11.1 Å². The topological polar surface area (TPSA) is 84.9 Å². The van der Waals surface area contributed by atoms with Crippen LogP contribution in [0.1, 0.15) is 0 Å². The molecule has 0 spiro atoms. The summed E-state index contributed by atoms with van der Waals surface area (Å²) in [7, 11) is 0. The number of rotatable bonds is 8. The summed E-state index contributed by atoms with van der Waals surface area (Å²) >= 11 is 3.30. The molecule has 0 atom stereocenters. The largest absolute Gasteiger partial charge is 0.483 e. The van der Waals surface area contributed by atoms with E-state index >= 15 is 0 Å². The second-order valence-electron chi connectivity index (χ2n) is 3.52. The fraction of sp³-hybridized carbons (Fsp3) is 0.333. The van der Waals surface area contributed by atoms with Crippen LogP contribution in [0.3, 0.4) is 0 Å². The fourth-order valence-electron chi connectivity index (χ4n) is 1.18. The second-order valence-corrected chi connectivity index (χ2v) is 4.37. The first kappa shape index (κ1) is 15.5. The minimum atomic E-state index is -1.04. The van der Waals surface area contributed by atoms with Crippen LogP contribution in [-0.2, 0) is 14.3 Å². The van der Waals surface area contributed by atoms with Crippen LogP contribution < -0.4 is 10.1 Å². The van der Waals surface area contributed by atoms with Gasteiger partial charge >= 0.3 is 5.97 Å². The lowest BCUT2D eigenvalue weighted by molar-refractivity contribution is -0.142. The Morgan fingerprint density at radius 1 is 1.26 bits per heavy atom. The molecule has 6 nitrogen and oxygen atoms in total. The normalized spacial score (nSPS) is 9.95. The van der Waals surface area contributed by atoms with Gasteiger partial charge in [0.2, 0.25) is 0 Å². The summed E-state index contributed by atoms with van der Waals surface area (Å²) in [6.45, 7) is -0.0939. The molecule has 0 heterocycles. The lowest BCUT2D eigenvalue weighted by atomic mass is 10.3. The SMILES string of the molecule is O=C(O)COCCNC(=O)COc1ccccc1Br. The Morgan fingerprint density at radius 3 is 2.68 bits per heavy atom. The Morgan fingerprint density at radius 2 is 2.00 bits per heavy atom. The molecule has 0 fully saturated rings. The number of hydrogen-bond acceptors (Lipinski definition) is 4. The molecular formula is C12H14BrNO5. The predicted octanol–water partition coefficient (Wildman–Crippen LogP) is 1.05. The van der Waals surface area contributed by atoms with Crippen molar-refractivity contribution in [3.8, 4) is 5.75 Å². The summed E-state index contributed by atoms with van der Waals surface area (Å²) in [4.78, 5) is 21.6. The number of carbonyl (C=O) groups is 2. The number of halogens is 1. The first-order valence-electron chi connectivity index (χ1n) is 5.53. The molecule has 0 aliphatic heterocycles. The number of nitrogens with one attached hydrogen (secondary N) is 1. The Labute approximate surface area is 118 Å². The molecule has 2 N–H and O–H groups in total. The highest BCUT2D eigenvalue weighted by Crippen LogP contribution is 2.23. The highest BCUT2D eigenvalue weighted by atomic mass is 79.9. The van der Waals surface area contributed by atoms with E-state index in [4.69, 9.17) is 14.6 Å². The average Bonchev–Trinajstić information content (AvgIpc) is 2.37. The van der Waals surface area contributed by atoms with Gasteiger partial charge in [-0.25, -0.2) is 4.79 Å². The number of carboxylic acids is 1. The van der Waals surface area contributed by atoms with Crippen LogP contribution in [0.2, 0.25) is 0 Å². The van der Waals surface area contributed by atoms with E-state index in [0.717, 1.165) is 4.47 Å². The summed E-state index contributed by atoms with van der Waals surface area (Å²) in [6.07, 6.45) is 0. The predicted molar refractivity (Wildman–Crippen MR) is 71.1 cm³/mol. The zero-order valence-electron chi connectivity index (χ0n) is 10.1. The first-order valence-corrected chi connectivity index (χ1v) is 6.32. The summed E-state index contributed by atoms with van der Waals surface area (Å²) in [5, 5.41) is 10.9. The van der Waals surface area contributed by atoms with Gasteiger partial charge in [-0.2, -0.15) is 0 Å². The van der Waals surface area contributed by atoms with Gasteiger partial charge in [0.25, 0.3) is 5.91 Å². The van der Waals surface area contributed by atoms with E-state index in [1.165, 1.54) is 0 Å². The van der Waals surface area contributed by atoms with E-state index in [-0.39, 0.29) is 32.3 Å². The van der Waals surface area contributed by atoms with E-state index in [9.17, 15) is 9.59 Å². The van der Waals surface area contributed by atoms with E-state index in [1.54, 1.807) is 12.1 Å². The van der Waals surface area contributed by atoms with Gasteiger partial charge in [0.1, 0.15) is 12.4 Å². The lowest BCUT2D eigenvalue weighted by Crippen LogP contribution is -2.32. The number of carbonyl (C=O) groups excluding carboxylic acids is 1. The molecule has 0 bridgehead atoms. The van der Waals surface area contributed by atoms with Crippen LogP contribution >= 0.6 is 15.9 Å². The number of carboxylic acid groups (broad SMARTS) is 1. The molecule has 104 valence electrons. The number of benzene rings is 1. The molecule has 0 aliphatic rings. The summed E-state index contributed by atoms with van der Waals surface area (Å²) < 4.78 is 10.8. The Bertz CT molecular complexity index is 438. The maximum atomic E-state index is 11.4. The molecule has 1 aromatic carbocycles. The highest BCUT2D eigenvalue weighted by Gasteiger charge is 2.04. The molecule has 1 rings (SSSR count). The van der Waals surface area contributed by atoms with Crippen molar-refractivity contribution >= 4 is 27.8 Å². The molecule has 0 aromatic heterocycles. The molecule has 0 saturated carbocycles. The van der Waals surface area contributed by atoms with Crippen molar-refractivity contribution in [2.45, 2.75) is 0 Å². The molecule has 7 heteroatoms. The highest BCUT2D eigenvalue weighted by molar-refractivity contribution is 9.10. The number of amides is 1. The number of ether oxygens (including phenoxy) is 2. The van der Waals surface area contributed by atoms with Crippen LogP contribution in [-0.4, -0.2) is 43.3 Å². The zero-order valence-corrected chi connectivity index (χ0v) is 11.7. The minimum Gasteiger partial charge on any atom is -0.483 e. The zero-order chi connectivity index (χ0) is 14.1. The molecule has 0 saturated heterocycles. The quantitative estimate of drug-likeness (QED) is 0.695. The number of aliphatic carboxylic acids is 1. The van der Waals surface area contributed by atoms with Crippen molar-refractivity contribution in [3.05, 3.63) is 28.7 Å². The molecule has 0 aliphatic carbocycles. The Kier molecular flexibility index (Phi) is 6.91. The van der Waals surface area contributed by atoms with Crippen LogP contribution in [0.5, 0.6) is 5.75 Å². The van der Waals surface area contributed by atoms with Gasteiger partial charge in [-0.1, -0.05) is 12.1 Å². The smallest absolute Gasteiger partial charge is 0.329 e. The van der Waals surface area contributed by atoms with Crippen molar-refractivity contribution in [2.75, 3.05) is 26.4 Å². The van der Waals surface area contributed by atoms with Crippen LogP contribution in [0.4, 0.5) is 0 Å². The summed E-state index contributed by atoms with van der Waals surface area (Å²) in [5.41, 5.74) is 0.